The first kappa shape index (κ1) is 27.2. The summed E-state index contributed by atoms with van der Waals surface area (Å²) in [6, 6.07) is 9.75. The number of aldehydes is 1. The van der Waals surface area contributed by atoms with Crippen molar-refractivity contribution in [1.82, 2.24) is 14.8 Å². The highest BCUT2D eigenvalue weighted by Gasteiger charge is 2.25. The van der Waals surface area contributed by atoms with E-state index in [1.165, 1.54) is 12.2 Å². The van der Waals surface area contributed by atoms with Crippen LogP contribution in [0.1, 0.15) is 29.5 Å². The number of carbonyl (C=O) groups excluding carboxylic acids is 2. The molecule has 1 aliphatic heterocycles. The Bertz CT molecular complexity index is 1230. The summed E-state index contributed by atoms with van der Waals surface area (Å²) in [5, 5.41) is 9.75. The van der Waals surface area contributed by atoms with Crippen LogP contribution in [-0.2, 0) is 16.1 Å². The quantitative estimate of drug-likeness (QED) is 0.215. The van der Waals surface area contributed by atoms with Crippen LogP contribution in [0.5, 0.6) is 11.5 Å². The Balaban J connectivity index is 1.84. The molecule has 190 valence electrons. The maximum Gasteiger partial charge on any atom is 0.246 e. The number of benzene rings is 1. The van der Waals surface area contributed by atoms with Crippen molar-refractivity contribution in [2.75, 3.05) is 33.9 Å². The average molecular weight is 499 g/mol. The van der Waals surface area contributed by atoms with E-state index in [2.05, 4.69) is 21.9 Å². The number of ether oxygens (including phenoxy) is 2. The lowest BCUT2D eigenvalue weighted by Gasteiger charge is -2.36. The number of amides is 1. The molecule has 8 heteroatoms. The molecule has 3 rings (SSSR count). The van der Waals surface area contributed by atoms with Gasteiger partial charge in [-0.3, -0.25) is 19.5 Å². The van der Waals surface area contributed by atoms with E-state index in [9.17, 15) is 14.9 Å². The molecule has 37 heavy (non-hydrogen) atoms. The highest BCUT2D eigenvalue weighted by Crippen LogP contribution is 2.35. The van der Waals surface area contributed by atoms with Gasteiger partial charge >= 0.3 is 0 Å². The summed E-state index contributed by atoms with van der Waals surface area (Å²) in [4.78, 5) is 30.7. The summed E-state index contributed by atoms with van der Waals surface area (Å²) < 4.78 is 11.5. The van der Waals surface area contributed by atoms with Crippen molar-refractivity contribution in [3.8, 4) is 29.9 Å². The molecule has 1 amide bonds. The summed E-state index contributed by atoms with van der Waals surface area (Å²) in [5.41, 5.74) is 2.97. The second-order valence-corrected chi connectivity index (χ2v) is 8.56. The monoisotopic (exact) mass is 498 g/mol. The molecular weight excluding hydrogens is 468 g/mol. The van der Waals surface area contributed by atoms with Gasteiger partial charge in [0.25, 0.3) is 0 Å². The molecule has 0 unspecified atom stereocenters. The first-order chi connectivity index (χ1) is 18.0. The molecule has 0 radical (unpaired) electrons. The van der Waals surface area contributed by atoms with E-state index >= 15 is 0 Å². The smallest absolute Gasteiger partial charge is 0.246 e. The van der Waals surface area contributed by atoms with Crippen LogP contribution in [0.25, 0.3) is 11.6 Å². The molecule has 0 bridgehead atoms. The molecule has 2 aromatic rings. The van der Waals surface area contributed by atoms with Crippen LogP contribution in [0.15, 0.2) is 48.8 Å². The molecule has 2 heterocycles. The number of terminal acetylenes is 1. The van der Waals surface area contributed by atoms with Crippen molar-refractivity contribution in [3.63, 3.8) is 0 Å². The van der Waals surface area contributed by atoms with Crippen LogP contribution >= 0.6 is 0 Å². The summed E-state index contributed by atoms with van der Waals surface area (Å²) >= 11 is 0. The van der Waals surface area contributed by atoms with Gasteiger partial charge in [0.15, 0.2) is 11.5 Å². The van der Waals surface area contributed by atoms with Crippen molar-refractivity contribution in [2.24, 2.45) is 0 Å². The fraction of sp³-hybridized carbons (Fsp3) is 0.310. The normalized spacial score (nSPS) is 14.5. The van der Waals surface area contributed by atoms with Crippen LogP contribution in [0.2, 0.25) is 0 Å². The lowest BCUT2D eigenvalue weighted by atomic mass is 10.00. The number of aromatic nitrogens is 1. The number of hydrogen-bond acceptors (Lipinski definition) is 7. The van der Waals surface area contributed by atoms with Crippen molar-refractivity contribution in [1.29, 1.82) is 5.26 Å². The fourth-order valence-electron chi connectivity index (χ4n) is 4.32. The van der Waals surface area contributed by atoms with Gasteiger partial charge in [-0.05, 0) is 60.4 Å². The van der Waals surface area contributed by atoms with Gasteiger partial charge in [0.2, 0.25) is 5.91 Å². The number of likely N-dealkylation sites (tertiary alicyclic amines) is 1. The molecule has 8 nitrogen and oxygen atoms in total. The minimum Gasteiger partial charge on any atom is -0.493 e. The van der Waals surface area contributed by atoms with Gasteiger partial charge in [0.1, 0.15) is 12.9 Å². The van der Waals surface area contributed by atoms with Crippen LogP contribution in [0.3, 0.4) is 0 Å². The molecular formula is C29H30N4O4. The van der Waals surface area contributed by atoms with Gasteiger partial charge in [-0.15, -0.1) is 6.42 Å². The Labute approximate surface area is 217 Å². The van der Waals surface area contributed by atoms with Crippen LogP contribution in [0, 0.1) is 23.7 Å². The zero-order chi connectivity index (χ0) is 26.6. The highest BCUT2D eigenvalue weighted by atomic mass is 16.5. The van der Waals surface area contributed by atoms with Crippen molar-refractivity contribution >= 4 is 23.8 Å². The topological polar surface area (TPSA) is 95.8 Å². The van der Waals surface area contributed by atoms with Crippen molar-refractivity contribution < 1.29 is 19.1 Å². The van der Waals surface area contributed by atoms with E-state index in [-0.39, 0.29) is 18.6 Å². The number of hydrogen-bond donors (Lipinski definition) is 0. The lowest BCUT2D eigenvalue weighted by Crippen LogP contribution is -2.44. The van der Waals surface area contributed by atoms with E-state index in [1.807, 2.05) is 18.2 Å². The third-order valence-corrected chi connectivity index (χ3v) is 6.26. The Morgan fingerprint density at radius 2 is 2.03 bits per heavy atom. The predicted molar refractivity (Wildman–Crippen MR) is 141 cm³/mol. The number of likely N-dealkylation sites (N-methyl/N-ethyl adjacent to an activating group) is 1. The number of methoxy groups -OCH3 is 1. The first-order valence-corrected chi connectivity index (χ1v) is 11.9. The van der Waals surface area contributed by atoms with E-state index in [0.717, 1.165) is 42.6 Å². The Morgan fingerprint density at radius 1 is 1.30 bits per heavy atom. The maximum absolute atomic E-state index is 12.2. The van der Waals surface area contributed by atoms with Gasteiger partial charge in [-0.25, -0.2) is 0 Å². The minimum atomic E-state index is -0.178. The molecule has 1 fully saturated rings. The molecule has 1 aromatic carbocycles. The summed E-state index contributed by atoms with van der Waals surface area (Å²) in [6.45, 7) is 2.24. The zero-order valence-electron chi connectivity index (χ0n) is 21.1. The van der Waals surface area contributed by atoms with Crippen LogP contribution in [0.4, 0.5) is 0 Å². The third-order valence-electron chi connectivity index (χ3n) is 6.26. The molecule has 1 aliphatic rings. The van der Waals surface area contributed by atoms with Crippen molar-refractivity contribution in [2.45, 2.75) is 25.4 Å². The van der Waals surface area contributed by atoms with Crippen LogP contribution in [-0.4, -0.2) is 66.9 Å². The van der Waals surface area contributed by atoms with Crippen molar-refractivity contribution in [3.05, 3.63) is 65.5 Å². The Kier molecular flexibility index (Phi) is 10.0. The highest BCUT2D eigenvalue weighted by molar-refractivity contribution is 5.91. The largest absolute Gasteiger partial charge is 0.493 e. The number of pyridine rings is 1. The minimum absolute atomic E-state index is 0.0968. The van der Waals surface area contributed by atoms with Gasteiger partial charge < -0.3 is 14.4 Å². The summed E-state index contributed by atoms with van der Waals surface area (Å²) in [5.74, 6) is 3.44. The molecule has 1 aromatic heterocycles. The van der Waals surface area contributed by atoms with E-state index in [4.69, 9.17) is 15.9 Å². The van der Waals surface area contributed by atoms with E-state index < -0.39 is 0 Å². The number of piperidine rings is 1. The molecule has 0 spiro atoms. The second kappa shape index (κ2) is 13.6. The van der Waals surface area contributed by atoms with Gasteiger partial charge in [-0.1, -0.05) is 5.92 Å². The van der Waals surface area contributed by atoms with Gasteiger partial charge in [-0.2, -0.15) is 5.26 Å². The van der Waals surface area contributed by atoms with Crippen LogP contribution < -0.4 is 9.47 Å². The summed E-state index contributed by atoms with van der Waals surface area (Å²) in [6.07, 6.45) is 15.3. The third kappa shape index (κ3) is 7.30. The summed E-state index contributed by atoms with van der Waals surface area (Å²) in [7, 11) is 3.33. The molecule has 0 aliphatic carbocycles. The zero-order valence-corrected chi connectivity index (χ0v) is 21.1. The van der Waals surface area contributed by atoms with E-state index in [0.29, 0.717) is 29.9 Å². The van der Waals surface area contributed by atoms with Gasteiger partial charge in [0.05, 0.1) is 18.8 Å². The molecule has 0 N–H and O–H groups in total. The number of allylic oxidation sites excluding steroid dienone is 2. The average Bonchev–Trinajstić information content (AvgIpc) is 2.94. The Morgan fingerprint density at radius 3 is 2.65 bits per heavy atom. The van der Waals surface area contributed by atoms with Gasteiger partial charge in [0, 0.05) is 56.8 Å². The number of nitrogens with zero attached hydrogens (tertiary/aromatic N) is 4. The maximum atomic E-state index is 12.2. The standard InChI is InChI=1S/C29H30N4O4/c1-4-16-37-29-25(21-33-13-9-26(10-14-33)32(2)28(35)6-5-15-34)18-22(19-27(29)36-3)17-24(20-30)23-7-11-31-12-8-23/h1,5-8,11-12,15,17-19,26H,9-10,13-14,16,21H2,2-3H3/b6-5-,24-17+. The number of carbonyl (C=O) groups is 2. The molecule has 1 saturated heterocycles. The number of nitriles is 1. The first-order valence-electron chi connectivity index (χ1n) is 11.9. The predicted octanol–water partition coefficient (Wildman–Crippen LogP) is 3.34. The number of rotatable bonds is 10. The fourth-order valence-corrected chi connectivity index (χ4v) is 4.32. The Hall–Kier alpha value is -4.40. The second-order valence-electron chi connectivity index (χ2n) is 8.56. The molecule has 0 saturated carbocycles. The molecule has 0 atom stereocenters. The lowest BCUT2D eigenvalue weighted by molar-refractivity contribution is -0.127. The SMILES string of the molecule is C#CCOc1c(CN2CCC(N(C)C(=O)/C=C\C=O)CC2)cc(/C=C(\C#N)c2ccncc2)cc1OC. The van der Waals surface area contributed by atoms with E-state index in [1.54, 1.807) is 43.6 Å².